The van der Waals surface area contributed by atoms with Crippen LogP contribution < -0.4 is 0 Å². The van der Waals surface area contributed by atoms with E-state index in [1.165, 1.54) is 7.11 Å². The molecule has 22 heavy (non-hydrogen) atoms. The van der Waals surface area contributed by atoms with Crippen LogP contribution in [0.4, 0.5) is 0 Å². The Labute approximate surface area is 136 Å². The summed E-state index contributed by atoms with van der Waals surface area (Å²) in [5, 5.41) is 0. The SMILES string of the molecule is COC(=O)C1(CCCCCl)c2ccccc2-c2ccccc21. The minimum absolute atomic E-state index is 0.181. The van der Waals surface area contributed by atoms with E-state index in [1.54, 1.807) is 0 Å². The van der Waals surface area contributed by atoms with Gasteiger partial charge in [-0.15, -0.1) is 11.6 Å². The zero-order valence-corrected chi connectivity index (χ0v) is 13.4. The summed E-state index contributed by atoms with van der Waals surface area (Å²) in [6, 6.07) is 16.3. The Morgan fingerprint density at radius 1 is 1.00 bits per heavy atom. The lowest BCUT2D eigenvalue weighted by Gasteiger charge is -2.29. The fraction of sp³-hybridized carbons (Fsp3) is 0.316. The molecule has 0 aliphatic heterocycles. The Morgan fingerprint density at radius 3 is 2.05 bits per heavy atom. The van der Waals surface area contributed by atoms with E-state index in [-0.39, 0.29) is 5.97 Å². The van der Waals surface area contributed by atoms with Gasteiger partial charge in [-0.1, -0.05) is 55.0 Å². The average molecular weight is 315 g/mol. The average Bonchev–Trinajstić information content (AvgIpc) is 2.86. The third-order valence-electron chi connectivity index (χ3n) is 4.53. The zero-order chi connectivity index (χ0) is 15.6. The lowest BCUT2D eigenvalue weighted by molar-refractivity contribution is -0.146. The van der Waals surface area contributed by atoms with Gasteiger partial charge < -0.3 is 4.74 Å². The van der Waals surface area contributed by atoms with Gasteiger partial charge in [-0.3, -0.25) is 4.79 Å². The van der Waals surface area contributed by atoms with Gasteiger partial charge in [0.25, 0.3) is 0 Å². The highest BCUT2D eigenvalue weighted by Crippen LogP contribution is 2.51. The maximum absolute atomic E-state index is 12.8. The summed E-state index contributed by atoms with van der Waals surface area (Å²) in [6.45, 7) is 0. The number of methoxy groups -OCH3 is 1. The number of fused-ring (bicyclic) bond motifs is 3. The highest BCUT2D eigenvalue weighted by molar-refractivity contribution is 6.17. The minimum atomic E-state index is -0.700. The zero-order valence-electron chi connectivity index (χ0n) is 12.6. The number of hydrogen-bond donors (Lipinski definition) is 0. The van der Waals surface area contributed by atoms with Gasteiger partial charge >= 0.3 is 5.97 Å². The van der Waals surface area contributed by atoms with E-state index in [4.69, 9.17) is 16.3 Å². The number of halogens is 1. The summed E-state index contributed by atoms with van der Waals surface area (Å²) in [6.07, 6.45) is 2.51. The quantitative estimate of drug-likeness (QED) is 0.460. The second-order valence-electron chi connectivity index (χ2n) is 5.63. The molecule has 0 amide bonds. The van der Waals surface area contributed by atoms with Gasteiger partial charge in [-0.05, 0) is 35.1 Å². The van der Waals surface area contributed by atoms with Crippen LogP contribution in [0.25, 0.3) is 11.1 Å². The van der Waals surface area contributed by atoms with E-state index in [1.807, 2.05) is 36.4 Å². The Morgan fingerprint density at radius 2 is 1.55 bits per heavy atom. The van der Waals surface area contributed by atoms with Gasteiger partial charge in [0.05, 0.1) is 7.11 Å². The number of rotatable bonds is 5. The van der Waals surface area contributed by atoms with Crippen LogP contribution in [-0.2, 0) is 14.9 Å². The highest BCUT2D eigenvalue weighted by atomic mass is 35.5. The third-order valence-corrected chi connectivity index (χ3v) is 4.80. The highest BCUT2D eigenvalue weighted by Gasteiger charge is 2.49. The lowest BCUT2D eigenvalue weighted by Crippen LogP contribution is -2.36. The number of ether oxygens (including phenoxy) is 1. The summed E-state index contributed by atoms with van der Waals surface area (Å²) >= 11 is 5.83. The van der Waals surface area contributed by atoms with Crippen molar-refractivity contribution in [2.24, 2.45) is 0 Å². The normalized spacial score (nSPS) is 14.3. The van der Waals surface area contributed by atoms with Crippen LogP contribution in [0, 0.1) is 0 Å². The number of benzene rings is 2. The molecule has 114 valence electrons. The Kier molecular flexibility index (Phi) is 4.21. The second-order valence-corrected chi connectivity index (χ2v) is 6.01. The molecule has 2 nitrogen and oxygen atoms in total. The fourth-order valence-corrected chi connectivity index (χ4v) is 3.76. The molecule has 0 N–H and O–H groups in total. The molecule has 1 aliphatic carbocycles. The van der Waals surface area contributed by atoms with Crippen molar-refractivity contribution in [1.29, 1.82) is 0 Å². The van der Waals surface area contributed by atoms with Crippen LogP contribution in [0.3, 0.4) is 0 Å². The molecule has 3 heteroatoms. The van der Waals surface area contributed by atoms with Crippen LogP contribution in [-0.4, -0.2) is 19.0 Å². The fourth-order valence-electron chi connectivity index (χ4n) is 3.58. The molecule has 0 radical (unpaired) electrons. The van der Waals surface area contributed by atoms with Crippen LogP contribution in [0.5, 0.6) is 0 Å². The molecule has 0 unspecified atom stereocenters. The van der Waals surface area contributed by atoms with Crippen LogP contribution in [0.1, 0.15) is 30.4 Å². The van der Waals surface area contributed by atoms with Crippen LogP contribution in [0.15, 0.2) is 48.5 Å². The molecule has 2 aromatic rings. The monoisotopic (exact) mass is 314 g/mol. The van der Waals surface area contributed by atoms with E-state index in [2.05, 4.69) is 12.1 Å². The molecule has 3 rings (SSSR count). The van der Waals surface area contributed by atoms with Crippen molar-refractivity contribution in [2.45, 2.75) is 24.7 Å². The van der Waals surface area contributed by atoms with Gasteiger partial charge in [0.1, 0.15) is 5.41 Å². The van der Waals surface area contributed by atoms with E-state index >= 15 is 0 Å². The number of esters is 1. The molecular formula is C19H19ClO2. The van der Waals surface area contributed by atoms with Crippen molar-refractivity contribution in [2.75, 3.05) is 13.0 Å². The maximum Gasteiger partial charge on any atom is 0.320 e. The summed E-state index contributed by atoms with van der Waals surface area (Å²) in [7, 11) is 1.47. The first-order chi connectivity index (χ1) is 10.8. The molecular weight excluding hydrogens is 296 g/mol. The van der Waals surface area contributed by atoms with E-state index < -0.39 is 5.41 Å². The molecule has 0 saturated carbocycles. The smallest absolute Gasteiger partial charge is 0.320 e. The first-order valence-corrected chi connectivity index (χ1v) is 8.13. The maximum atomic E-state index is 12.8. The van der Waals surface area contributed by atoms with Crippen molar-refractivity contribution in [1.82, 2.24) is 0 Å². The Bertz CT molecular complexity index is 648. The molecule has 0 fully saturated rings. The van der Waals surface area contributed by atoms with Gasteiger partial charge in [0.15, 0.2) is 0 Å². The molecule has 0 heterocycles. The van der Waals surface area contributed by atoms with Crippen molar-refractivity contribution >= 4 is 17.6 Å². The van der Waals surface area contributed by atoms with E-state index in [0.29, 0.717) is 5.88 Å². The molecule has 1 aliphatic rings. The van der Waals surface area contributed by atoms with Crippen molar-refractivity contribution in [3.63, 3.8) is 0 Å². The molecule has 0 spiro atoms. The van der Waals surface area contributed by atoms with Gasteiger partial charge in [0, 0.05) is 5.88 Å². The standard InChI is InChI=1S/C19H19ClO2/c1-22-18(21)19(12-6-7-13-20)16-10-4-2-8-14(16)15-9-3-5-11-17(15)19/h2-5,8-11H,6-7,12-13H2,1H3. The topological polar surface area (TPSA) is 26.3 Å². The predicted molar refractivity (Wildman–Crippen MR) is 89.2 cm³/mol. The molecule has 0 aromatic heterocycles. The Balaban J connectivity index is 2.21. The van der Waals surface area contributed by atoms with Crippen LogP contribution in [0.2, 0.25) is 0 Å². The number of carbonyl (C=O) groups is 1. The second kappa shape index (κ2) is 6.13. The first-order valence-electron chi connectivity index (χ1n) is 7.59. The van der Waals surface area contributed by atoms with Crippen molar-refractivity contribution in [3.8, 4) is 11.1 Å². The number of hydrogen-bond acceptors (Lipinski definition) is 2. The summed E-state index contributed by atoms with van der Waals surface area (Å²) in [5.41, 5.74) is 3.67. The lowest BCUT2D eigenvalue weighted by atomic mass is 9.74. The summed E-state index contributed by atoms with van der Waals surface area (Å²) in [5.74, 6) is 0.431. The summed E-state index contributed by atoms with van der Waals surface area (Å²) < 4.78 is 5.21. The van der Waals surface area contributed by atoms with Gasteiger partial charge in [-0.2, -0.15) is 0 Å². The van der Waals surface area contributed by atoms with E-state index in [0.717, 1.165) is 41.5 Å². The minimum Gasteiger partial charge on any atom is -0.468 e. The summed E-state index contributed by atoms with van der Waals surface area (Å²) in [4.78, 5) is 12.8. The van der Waals surface area contributed by atoms with E-state index in [9.17, 15) is 4.79 Å². The first kappa shape index (κ1) is 15.1. The number of carbonyl (C=O) groups excluding carboxylic acids is 1. The molecule has 0 atom stereocenters. The number of unbranched alkanes of at least 4 members (excludes halogenated alkanes) is 1. The predicted octanol–water partition coefficient (Wildman–Crippen LogP) is 4.54. The number of alkyl halides is 1. The van der Waals surface area contributed by atoms with Crippen LogP contribution >= 0.6 is 11.6 Å². The van der Waals surface area contributed by atoms with Gasteiger partial charge in [-0.25, -0.2) is 0 Å². The van der Waals surface area contributed by atoms with Crippen molar-refractivity contribution in [3.05, 3.63) is 59.7 Å². The molecule has 2 aromatic carbocycles. The third kappa shape index (κ3) is 2.14. The Hall–Kier alpha value is -1.80. The molecule has 0 saturated heterocycles. The molecule has 0 bridgehead atoms. The van der Waals surface area contributed by atoms with Crippen molar-refractivity contribution < 1.29 is 9.53 Å². The van der Waals surface area contributed by atoms with Gasteiger partial charge in [0.2, 0.25) is 0 Å². The largest absolute Gasteiger partial charge is 0.468 e.